The lowest BCUT2D eigenvalue weighted by Gasteiger charge is -2.27. The van der Waals surface area contributed by atoms with E-state index in [1.165, 1.54) is 12.0 Å². The Bertz CT molecular complexity index is 434. The molecular formula is C18H31N3. The molecule has 3 heteroatoms. The molecule has 1 atom stereocenters. The van der Waals surface area contributed by atoms with Crippen molar-refractivity contribution in [3.8, 4) is 0 Å². The van der Waals surface area contributed by atoms with Crippen molar-refractivity contribution >= 4 is 5.82 Å². The van der Waals surface area contributed by atoms with Crippen molar-refractivity contribution in [2.45, 2.75) is 58.9 Å². The van der Waals surface area contributed by atoms with Gasteiger partial charge in [-0.2, -0.15) is 0 Å². The lowest BCUT2D eigenvalue weighted by atomic mass is 9.83. The highest BCUT2D eigenvalue weighted by Gasteiger charge is 2.27. The maximum Gasteiger partial charge on any atom is 0.128 e. The topological polar surface area (TPSA) is 19.4 Å². The van der Waals surface area contributed by atoms with Gasteiger partial charge in [-0.25, -0.2) is 4.98 Å². The molecule has 0 saturated carbocycles. The number of rotatable bonds is 6. The summed E-state index contributed by atoms with van der Waals surface area (Å²) in [6.45, 7) is 15.9. The molecule has 0 aromatic carbocycles. The Kier molecular flexibility index (Phi) is 5.26. The average molecular weight is 289 g/mol. The van der Waals surface area contributed by atoms with Gasteiger partial charge in [0.15, 0.2) is 0 Å². The van der Waals surface area contributed by atoms with Gasteiger partial charge in [-0.15, -0.1) is 0 Å². The molecule has 0 amide bonds. The Hall–Kier alpha value is -1.09. The van der Waals surface area contributed by atoms with Crippen LogP contribution in [0.25, 0.3) is 0 Å². The Labute approximate surface area is 130 Å². The SMILES string of the molecule is CCN(CC)C1CCN(c2ccc(C(C)(C)CC)cn2)C1. The molecule has 1 fully saturated rings. The van der Waals surface area contributed by atoms with Crippen molar-refractivity contribution in [2.24, 2.45) is 0 Å². The molecule has 1 saturated heterocycles. The molecule has 2 heterocycles. The van der Waals surface area contributed by atoms with Gasteiger partial charge in [-0.05, 0) is 43.0 Å². The molecule has 0 aliphatic carbocycles. The second-order valence-electron chi connectivity index (χ2n) is 6.75. The molecule has 0 spiro atoms. The highest BCUT2D eigenvalue weighted by atomic mass is 15.3. The molecule has 21 heavy (non-hydrogen) atoms. The maximum absolute atomic E-state index is 4.73. The first-order valence-corrected chi connectivity index (χ1v) is 8.47. The highest BCUT2D eigenvalue weighted by Crippen LogP contribution is 2.28. The average Bonchev–Trinajstić information content (AvgIpc) is 2.98. The van der Waals surface area contributed by atoms with Crippen LogP contribution in [0.3, 0.4) is 0 Å². The van der Waals surface area contributed by atoms with E-state index in [4.69, 9.17) is 4.98 Å². The van der Waals surface area contributed by atoms with E-state index in [0.29, 0.717) is 6.04 Å². The minimum absolute atomic E-state index is 0.223. The van der Waals surface area contributed by atoms with Crippen LogP contribution >= 0.6 is 0 Å². The highest BCUT2D eigenvalue weighted by molar-refractivity contribution is 5.42. The molecule has 1 aliphatic heterocycles. The Morgan fingerprint density at radius 2 is 1.95 bits per heavy atom. The van der Waals surface area contributed by atoms with Gasteiger partial charge in [0.25, 0.3) is 0 Å². The van der Waals surface area contributed by atoms with E-state index < -0.39 is 0 Å². The molecule has 1 aromatic rings. The van der Waals surface area contributed by atoms with Gasteiger partial charge in [0.05, 0.1) is 0 Å². The van der Waals surface area contributed by atoms with E-state index in [1.807, 2.05) is 0 Å². The molecule has 0 bridgehead atoms. The Morgan fingerprint density at radius 3 is 2.48 bits per heavy atom. The summed E-state index contributed by atoms with van der Waals surface area (Å²) in [5, 5.41) is 0. The molecular weight excluding hydrogens is 258 g/mol. The molecule has 3 nitrogen and oxygen atoms in total. The first kappa shape index (κ1) is 16.3. The van der Waals surface area contributed by atoms with E-state index in [1.54, 1.807) is 0 Å². The van der Waals surface area contributed by atoms with Crippen molar-refractivity contribution in [2.75, 3.05) is 31.1 Å². The Morgan fingerprint density at radius 1 is 1.24 bits per heavy atom. The van der Waals surface area contributed by atoms with Crippen LogP contribution in [-0.2, 0) is 5.41 Å². The molecule has 0 radical (unpaired) electrons. The third-order valence-corrected chi connectivity index (χ3v) is 5.23. The summed E-state index contributed by atoms with van der Waals surface area (Å²) < 4.78 is 0. The monoisotopic (exact) mass is 289 g/mol. The van der Waals surface area contributed by atoms with Crippen molar-refractivity contribution in [1.82, 2.24) is 9.88 Å². The van der Waals surface area contributed by atoms with E-state index >= 15 is 0 Å². The molecule has 118 valence electrons. The molecule has 2 rings (SSSR count). The minimum atomic E-state index is 0.223. The summed E-state index contributed by atoms with van der Waals surface area (Å²) in [6, 6.07) is 5.15. The van der Waals surface area contributed by atoms with Gasteiger partial charge >= 0.3 is 0 Å². The summed E-state index contributed by atoms with van der Waals surface area (Å²) in [7, 11) is 0. The number of nitrogens with zero attached hydrogens (tertiary/aromatic N) is 3. The van der Waals surface area contributed by atoms with Crippen LogP contribution in [0, 0.1) is 0 Å². The van der Waals surface area contributed by atoms with Crippen LogP contribution in [0.5, 0.6) is 0 Å². The number of hydrogen-bond donors (Lipinski definition) is 0. The van der Waals surface area contributed by atoms with Crippen LogP contribution in [0.4, 0.5) is 5.82 Å². The van der Waals surface area contributed by atoms with E-state index in [2.05, 4.69) is 62.7 Å². The standard InChI is InChI=1S/C18H31N3/c1-6-18(4,5)15-9-10-17(19-13-15)21-12-11-16(14-21)20(7-2)8-3/h9-10,13,16H,6-8,11-12,14H2,1-5H3. The summed E-state index contributed by atoms with van der Waals surface area (Å²) in [4.78, 5) is 9.73. The number of pyridine rings is 1. The van der Waals surface area contributed by atoms with E-state index in [-0.39, 0.29) is 5.41 Å². The normalized spacial score (nSPS) is 19.5. The predicted octanol–water partition coefficient (Wildman–Crippen LogP) is 3.69. The number of anilines is 1. The maximum atomic E-state index is 4.73. The van der Waals surface area contributed by atoms with Crippen LogP contribution < -0.4 is 4.90 Å². The zero-order chi connectivity index (χ0) is 15.5. The number of aromatic nitrogens is 1. The summed E-state index contributed by atoms with van der Waals surface area (Å²) in [5.41, 5.74) is 1.56. The molecule has 1 aromatic heterocycles. The predicted molar refractivity (Wildman–Crippen MR) is 91.1 cm³/mol. The van der Waals surface area contributed by atoms with Gasteiger partial charge < -0.3 is 4.90 Å². The summed E-state index contributed by atoms with van der Waals surface area (Å²) >= 11 is 0. The second kappa shape index (κ2) is 6.78. The van der Waals surface area contributed by atoms with Gasteiger partial charge in [0, 0.05) is 25.3 Å². The largest absolute Gasteiger partial charge is 0.355 e. The molecule has 1 aliphatic rings. The summed E-state index contributed by atoms with van der Waals surface area (Å²) in [6.07, 6.45) is 4.47. The lowest BCUT2D eigenvalue weighted by Crippen LogP contribution is -2.37. The quantitative estimate of drug-likeness (QED) is 0.796. The first-order chi connectivity index (χ1) is 10.0. The fourth-order valence-corrected chi connectivity index (χ4v) is 3.17. The molecule has 1 unspecified atom stereocenters. The fourth-order valence-electron chi connectivity index (χ4n) is 3.17. The second-order valence-corrected chi connectivity index (χ2v) is 6.75. The van der Waals surface area contributed by atoms with Gasteiger partial charge in [0.1, 0.15) is 5.82 Å². The minimum Gasteiger partial charge on any atom is -0.355 e. The fraction of sp³-hybridized carbons (Fsp3) is 0.722. The van der Waals surface area contributed by atoms with Crippen LogP contribution in [-0.4, -0.2) is 42.1 Å². The van der Waals surface area contributed by atoms with Crippen molar-refractivity contribution < 1.29 is 0 Å². The number of hydrogen-bond acceptors (Lipinski definition) is 3. The Balaban J connectivity index is 2.04. The van der Waals surface area contributed by atoms with Crippen molar-refractivity contribution in [3.63, 3.8) is 0 Å². The zero-order valence-corrected chi connectivity index (χ0v) is 14.4. The zero-order valence-electron chi connectivity index (χ0n) is 14.4. The van der Waals surface area contributed by atoms with Crippen LogP contribution in [0.1, 0.15) is 53.0 Å². The number of likely N-dealkylation sites (N-methyl/N-ethyl adjacent to an activating group) is 1. The van der Waals surface area contributed by atoms with Crippen LogP contribution in [0.2, 0.25) is 0 Å². The lowest BCUT2D eigenvalue weighted by molar-refractivity contribution is 0.232. The van der Waals surface area contributed by atoms with Gasteiger partial charge in [-0.3, -0.25) is 4.90 Å². The third kappa shape index (κ3) is 3.57. The first-order valence-electron chi connectivity index (χ1n) is 8.47. The van der Waals surface area contributed by atoms with Crippen molar-refractivity contribution in [3.05, 3.63) is 23.9 Å². The molecule has 0 N–H and O–H groups in total. The third-order valence-electron chi connectivity index (χ3n) is 5.23. The van der Waals surface area contributed by atoms with E-state index in [0.717, 1.165) is 38.4 Å². The smallest absolute Gasteiger partial charge is 0.128 e. The summed E-state index contributed by atoms with van der Waals surface area (Å²) in [5.74, 6) is 1.14. The van der Waals surface area contributed by atoms with E-state index in [9.17, 15) is 0 Å². The van der Waals surface area contributed by atoms with Gasteiger partial charge in [-0.1, -0.05) is 40.7 Å². The van der Waals surface area contributed by atoms with Crippen molar-refractivity contribution in [1.29, 1.82) is 0 Å². The van der Waals surface area contributed by atoms with Gasteiger partial charge in [0.2, 0.25) is 0 Å². The van der Waals surface area contributed by atoms with Crippen LogP contribution in [0.15, 0.2) is 18.3 Å².